The van der Waals surface area contributed by atoms with Gasteiger partial charge >= 0.3 is 5.97 Å². The number of nitrogen functional groups attached to an aromatic ring is 1. The number of nitrogens with two attached hydrogens (primary N) is 1. The van der Waals surface area contributed by atoms with Gasteiger partial charge in [-0.05, 0) is 79.0 Å². The highest BCUT2D eigenvalue weighted by Gasteiger charge is 2.23. The summed E-state index contributed by atoms with van der Waals surface area (Å²) in [4.78, 5) is 41.1. The summed E-state index contributed by atoms with van der Waals surface area (Å²) in [6.07, 6.45) is 8.24. The zero-order valence-corrected chi connectivity index (χ0v) is 32.2. The first-order valence-electron chi connectivity index (χ1n) is 18.1. The van der Waals surface area contributed by atoms with Crippen molar-refractivity contribution < 1.29 is 31.8 Å². The third-order valence-corrected chi connectivity index (χ3v) is 9.62. The van der Waals surface area contributed by atoms with Gasteiger partial charge < -0.3 is 30.1 Å². The first-order chi connectivity index (χ1) is 26.5. The number of fused-ring (bicyclic) bond motifs is 4. The maximum Gasteiger partial charge on any atom is 0.313 e. The van der Waals surface area contributed by atoms with Crippen molar-refractivity contribution in [3.8, 4) is 5.75 Å². The monoisotopic (exact) mass is 826 g/mol. The van der Waals surface area contributed by atoms with Crippen LogP contribution in [-0.4, -0.2) is 64.2 Å². The van der Waals surface area contributed by atoms with Gasteiger partial charge in [0, 0.05) is 41.2 Å². The van der Waals surface area contributed by atoms with Crippen LogP contribution in [0, 0.1) is 23.3 Å². The summed E-state index contributed by atoms with van der Waals surface area (Å²) < 4.78 is 64.5. The molecule has 0 aliphatic rings. The molecule has 6 rings (SSSR count). The van der Waals surface area contributed by atoms with Crippen LogP contribution >= 0.6 is 15.9 Å². The fourth-order valence-corrected chi connectivity index (χ4v) is 6.61. The Kier molecular flexibility index (Phi) is 14.8. The number of nitrogens with zero attached hydrogens (tertiary/aromatic N) is 3. The Morgan fingerprint density at radius 1 is 0.909 bits per heavy atom. The number of carbonyl (C=O) groups excluding carboxylic acids is 1. The van der Waals surface area contributed by atoms with Gasteiger partial charge in [0.15, 0.2) is 17.1 Å². The normalized spacial score (nSPS) is 11.4. The molecule has 0 saturated heterocycles. The van der Waals surface area contributed by atoms with Crippen molar-refractivity contribution in [1.29, 1.82) is 0 Å². The number of aromatic amines is 2. The van der Waals surface area contributed by atoms with Crippen molar-refractivity contribution in [2.75, 3.05) is 39.1 Å². The van der Waals surface area contributed by atoms with Crippen LogP contribution in [0.5, 0.6) is 5.75 Å². The van der Waals surface area contributed by atoms with Gasteiger partial charge in [-0.1, -0.05) is 38.0 Å². The van der Waals surface area contributed by atoms with Gasteiger partial charge in [0.2, 0.25) is 17.4 Å². The van der Waals surface area contributed by atoms with E-state index in [4.69, 9.17) is 15.5 Å². The van der Waals surface area contributed by atoms with Gasteiger partial charge in [0.25, 0.3) is 0 Å². The summed E-state index contributed by atoms with van der Waals surface area (Å²) >= 11 is 3.33. The first-order valence-corrected chi connectivity index (χ1v) is 18.9. The van der Waals surface area contributed by atoms with E-state index in [1.807, 2.05) is 37.4 Å². The Morgan fingerprint density at radius 2 is 1.67 bits per heavy atom. The quantitative estimate of drug-likeness (QED) is 0.0290. The summed E-state index contributed by atoms with van der Waals surface area (Å²) in [5.74, 6) is -7.88. The summed E-state index contributed by atoms with van der Waals surface area (Å²) in [6.45, 7) is 3.88. The zero-order valence-electron chi connectivity index (χ0n) is 30.6. The van der Waals surface area contributed by atoms with E-state index in [1.54, 1.807) is 6.20 Å². The molecule has 0 unspecified atom stereocenters. The topological polar surface area (TPSA) is 139 Å². The van der Waals surface area contributed by atoms with Gasteiger partial charge in [0.05, 0.1) is 36.1 Å². The van der Waals surface area contributed by atoms with Crippen molar-refractivity contribution >= 4 is 60.6 Å². The minimum atomic E-state index is -1.76. The van der Waals surface area contributed by atoms with E-state index in [1.165, 1.54) is 11.6 Å². The average molecular weight is 828 g/mol. The number of pyridine rings is 2. The maximum absolute atomic E-state index is 13.6. The van der Waals surface area contributed by atoms with Crippen LogP contribution in [0.15, 0.2) is 64.0 Å². The molecule has 6 aromatic rings. The van der Waals surface area contributed by atoms with Crippen molar-refractivity contribution in [1.82, 2.24) is 24.8 Å². The van der Waals surface area contributed by atoms with E-state index in [2.05, 4.69) is 53.5 Å². The van der Waals surface area contributed by atoms with E-state index < -0.39 is 35.0 Å². The zero-order chi connectivity index (χ0) is 39.5. The smallest absolute Gasteiger partial charge is 0.313 e. The molecule has 0 saturated carbocycles. The Morgan fingerprint density at radius 3 is 2.42 bits per heavy atom. The lowest BCUT2D eigenvalue weighted by Crippen LogP contribution is -2.25. The van der Waals surface area contributed by atoms with E-state index in [0.717, 1.165) is 89.2 Å². The molecule has 0 spiro atoms. The van der Waals surface area contributed by atoms with Crippen molar-refractivity contribution in [3.05, 3.63) is 104 Å². The number of hydrogen-bond donors (Lipinski definition) is 3. The summed E-state index contributed by atoms with van der Waals surface area (Å²) in [5.41, 5.74) is 10.9. The fraction of sp³-hybridized carbons (Fsp3) is 0.350. The second kappa shape index (κ2) is 19.6. The van der Waals surface area contributed by atoms with Crippen LogP contribution < -0.4 is 15.9 Å². The van der Waals surface area contributed by atoms with Gasteiger partial charge in [-0.2, -0.15) is 8.78 Å². The highest BCUT2D eigenvalue weighted by Crippen LogP contribution is 2.30. The number of nitrogens with one attached hydrogen (secondary N) is 2. The number of imidazole rings is 1. The molecule has 0 radical (unpaired) electrons. The first kappa shape index (κ1) is 41.3. The molecule has 10 nitrogen and oxygen atoms in total. The van der Waals surface area contributed by atoms with E-state index in [-0.39, 0.29) is 24.5 Å². The molecule has 0 amide bonds. The largest absolute Gasteiger partial charge is 0.420 e. The molecule has 3 aromatic heterocycles. The second-order valence-corrected chi connectivity index (χ2v) is 13.9. The average Bonchev–Trinajstić information content (AvgIpc) is 3.60. The molecule has 0 atom stereocenters. The molecule has 55 heavy (non-hydrogen) atoms. The second-order valence-electron chi connectivity index (χ2n) is 13.1. The van der Waals surface area contributed by atoms with Crippen LogP contribution in [-0.2, 0) is 22.4 Å². The van der Waals surface area contributed by atoms with E-state index in [0.29, 0.717) is 24.4 Å². The molecule has 0 aliphatic carbocycles. The minimum Gasteiger partial charge on any atom is -0.420 e. The number of halogens is 5. The molecular formula is C40H43BrF4N6O4. The molecule has 4 N–H and O–H groups in total. The number of rotatable bonds is 16. The molecule has 3 heterocycles. The number of H-pyrrole nitrogens is 2. The Hall–Kier alpha value is -4.86. The highest BCUT2D eigenvalue weighted by molar-refractivity contribution is 9.10. The number of ether oxygens (including phenoxy) is 2. The Labute approximate surface area is 323 Å². The number of likely N-dealkylation sites (N-methyl/N-ethyl adjacent to an activating group) is 1. The number of hydrogen-bond acceptors (Lipinski definition) is 8. The number of aryl methyl sites for hydroxylation is 2. The van der Waals surface area contributed by atoms with Gasteiger partial charge in [-0.25, -0.2) is 18.7 Å². The maximum atomic E-state index is 13.6. The fourth-order valence-electron chi connectivity index (χ4n) is 6.05. The highest BCUT2D eigenvalue weighted by atomic mass is 79.9. The molecular weight excluding hydrogens is 784 g/mol. The third-order valence-electron chi connectivity index (χ3n) is 8.96. The molecule has 3 aromatic carbocycles. The van der Waals surface area contributed by atoms with Crippen molar-refractivity contribution in [2.45, 2.75) is 58.3 Å². The molecule has 0 bridgehead atoms. The van der Waals surface area contributed by atoms with Gasteiger partial charge in [-0.15, -0.1) is 0 Å². The predicted octanol–water partition coefficient (Wildman–Crippen LogP) is 8.54. The van der Waals surface area contributed by atoms with E-state index >= 15 is 0 Å². The van der Waals surface area contributed by atoms with Crippen LogP contribution in [0.2, 0.25) is 0 Å². The van der Waals surface area contributed by atoms with E-state index in [9.17, 15) is 27.2 Å². The SMILES string of the molecule is CCCCc1nc2c([nH]1)c(N)nc1cccc(CCCCCN(C)CCOCCC(=O)Oc3c(F)c(F)cc(F)c3F)c12.O=c1cc[nH]c2cccc(Br)c12. The van der Waals surface area contributed by atoms with Crippen molar-refractivity contribution in [3.63, 3.8) is 0 Å². The number of unbranched alkanes of at least 4 members (excludes halogenated alkanes) is 3. The van der Waals surface area contributed by atoms with Gasteiger partial charge in [-0.3, -0.25) is 9.59 Å². The lowest BCUT2D eigenvalue weighted by atomic mass is 10.0. The number of carbonyl (C=O) groups is 1. The predicted molar refractivity (Wildman–Crippen MR) is 209 cm³/mol. The third kappa shape index (κ3) is 10.7. The summed E-state index contributed by atoms with van der Waals surface area (Å²) in [5, 5.41) is 1.77. The van der Waals surface area contributed by atoms with Crippen molar-refractivity contribution in [2.24, 2.45) is 0 Å². The Balaban J connectivity index is 0.000000407. The molecule has 0 fully saturated rings. The standard InChI is InChI=1S/C31H37F4N5O3.C9H6BrNO/c1-3-4-12-23-38-28-25-19(10-8-11-22(25)37-31(36)29(28)39-23)9-6-5-7-14-40(2)15-17-42-16-13-24(41)43-30-26(34)20(32)18-21(33)27(30)35;10-6-2-1-3-7-9(6)8(12)4-5-11-7/h8,10-11,18H,3-7,9,12-17H2,1-2H3,(H2,36,37)(H,38,39);1-5H,(H,11,12). The molecule has 0 aliphatic heterocycles. The number of esters is 1. The van der Waals surface area contributed by atoms with Gasteiger partial charge in [0.1, 0.15) is 22.7 Å². The Bertz CT molecular complexity index is 2290. The number of aromatic nitrogens is 4. The molecule has 292 valence electrons. The van der Waals surface area contributed by atoms with Crippen LogP contribution in [0.3, 0.4) is 0 Å². The number of benzene rings is 3. The lowest BCUT2D eigenvalue weighted by Gasteiger charge is -2.16. The lowest BCUT2D eigenvalue weighted by molar-refractivity contribution is -0.136. The van der Waals surface area contributed by atoms with Crippen LogP contribution in [0.25, 0.3) is 32.8 Å². The molecule has 15 heteroatoms. The minimum absolute atomic E-state index is 0.0382. The summed E-state index contributed by atoms with van der Waals surface area (Å²) in [6, 6.07) is 13.3. The number of anilines is 1. The summed E-state index contributed by atoms with van der Waals surface area (Å²) in [7, 11) is 1.97. The van der Waals surface area contributed by atoms with Crippen LogP contribution in [0.4, 0.5) is 23.4 Å². The van der Waals surface area contributed by atoms with Crippen LogP contribution in [0.1, 0.15) is 56.8 Å².